The summed E-state index contributed by atoms with van der Waals surface area (Å²) in [5.74, 6) is -0.350. The second-order valence-corrected chi connectivity index (χ2v) is 7.16. The lowest BCUT2D eigenvalue weighted by Crippen LogP contribution is -2.43. The molecule has 0 radical (unpaired) electrons. The highest BCUT2D eigenvalue weighted by atomic mass is 35.5. The number of aryl methyl sites for hydroxylation is 1. The first kappa shape index (κ1) is 18.0. The van der Waals surface area contributed by atoms with Gasteiger partial charge in [0.25, 0.3) is 0 Å². The van der Waals surface area contributed by atoms with E-state index in [1.54, 1.807) is 12.1 Å². The van der Waals surface area contributed by atoms with Crippen LogP contribution in [0.3, 0.4) is 0 Å². The highest BCUT2D eigenvalue weighted by Gasteiger charge is 2.18. The summed E-state index contributed by atoms with van der Waals surface area (Å²) in [6, 6.07) is 10.3. The predicted octanol–water partition coefficient (Wildman–Crippen LogP) is 3.89. The van der Waals surface area contributed by atoms with Gasteiger partial charge in [0, 0.05) is 54.9 Å². The second kappa shape index (κ2) is 7.33. The molecule has 1 aliphatic heterocycles. The lowest BCUT2D eigenvalue weighted by molar-refractivity contribution is 0.567. The number of aromatic nitrogens is 1. The molecule has 140 valence electrons. The molecule has 0 spiro atoms. The largest absolute Gasteiger partial charge is 0.367 e. The number of halogens is 2. The number of piperazine rings is 1. The standard InChI is InChI=1S/C21H21ClFN3O/c1-2-25-13-17(14-3-5-15(22)6-4-14)21(27)16-11-18(23)20(12-19(16)25)26-9-7-24-8-10-26/h3-6,11-13,24H,2,7-10H2,1H3. The molecule has 2 aromatic carbocycles. The van der Waals surface area contributed by atoms with Crippen LogP contribution >= 0.6 is 11.6 Å². The van der Waals surface area contributed by atoms with E-state index in [0.29, 0.717) is 28.2 Å². The summed E-state index contributed by atoms with van der Waals surface area (Å²) < 4.78 is 16.9. The number of rotatable bonds is 3. The van der Waals surface area contributed by atoms with Crippen LogP contribution < -0.4 is 15.6 Å². The summed E-state index contributed by atoms with van der Waals surface area (Å²) in [4.78, 5) is 15.1. The third-order valence-corrected chi connectivity index (χ3v) is 5.35. The smallest absolute Gasteiger partial charge is 0.197 e. The zero-order valence-corrected chi connectivity index (χ0v) is 15.9. The zero-order valence-electron chi connectivity index (χ0n) is 15.1. The lowest BCUT2D eigenvalue weighted by Gasteiger charge is -2.30. The van der Waals surface area contributed by atoms with E-state index >= 15 is 0 Å². The van der Waals surface area contributed by atoms with E-state index in [4.69, 9.17) is 11.6 Å². The van der Waals surface area contributed by atoms with Gasteiger partial charge in [0.1, 0.15) is 5.82 Å². The van der Waals surface area contributed by atoms with E-state index in [1.165, 1.54) is 6.07 Å². The Labute approximate surface area is 162 Å². The maximum Gasteiger partial charge on any atom is 0.197 e. The molecule has 3 aromatic rings. The Hall–Kier alpha value is -2.37. The fraction of sp³-hybridized carbons (Fsp3) is 0.286. The molecule has 1 N–H and O–H groups in total. The average Bonchev–Trinajstić information content (AvgIpc) is 2.70. The molecule has 1 fully saturated rings. The van der Waals surface area contributed by atoms with E-state index in [1.807, 2.05) is 40.8 Å². The van der Waals surface area contributed by atoms with Gasteiger partial charge in [0.05, 0.1) is 11.2 Å². The van der Waals surface area contributed by atoms with Gasteiger partial charge in [-0.25, -0.2) is 4.39 Å². The SMILES string of the molecule is CCn1cc(-c2ccc(Cl)cc2)c(=O)c2cc(F)c(N3CCNCC3)cc21. The molecular formula is C21H21ClFN3O. The number of anilines is 1. The number of fused-ring (bicyclic) bond motifs is 1. The number of hydrogen-bond acceptors (Lipinski definition) is 3. The Kier molecular flexibility index (Phi) is 4.89. The van der Waals surface area contributed by atoms with E-state index < -0.39 is 0 Å². The molecule has 4 rings (SSSR count). The van der Waals surface area contributed by atoms with Crippen molar-refractivity contribution in [3.05, 3.63) is 63.7 Å². The summed E-state index contributed by atoms with van der Waals surface area (Å²) in [6.45, 7) is 5.86. The van der Waals surface area contributed by atoms with Crippen molar-refractivity contribution in [2.24, 2.45) is 0 Å². The minimum atomic E-state index is -0.350. The number of nitrogens with zero attached hydrogens (tertiary/aromatic N) is 2. The second-order valence-electron chi connectivity index (χ2n) is 6.72. The van der Waals surface area contributed by atoms with E-state index in [-0.39, 0.29) is 11.2 Å². The van der Waals surface area contributed by atoms with E-state index in [0.717, 1.165) is 37.3 Å². The summed E-state index contributed by atoms with van der Waals surface area (Å²) in [5, 5.41) is 4.29. The van der Waals surface area contributed by atoms with Gasteiger partial charge < -0.3 is 14.8 Å². The molecule has 0 aliphatic carbocycles. The van der Waals surface area contributed by atoms with Crippen molar-refractivity contribution in [1.29, 1.82) is 0 Å². The van der Waals surface area contributed by atoms with Gasteiger partial charge in [0.2, 0.25) is 0 Å². The highest BCUT2D eigenvalue weighted by Crippen LogP contribution is 2.28. The first-order chi connectivity index (χ1) is 13.1. The van der Waals surface area contributed by atoms with Crippen molar-refractivity contribution in [3.63, 3.8) is 0 Å². The van der Waals surface area contributed by atoms with Gasteiger partial charge in [-0.05, 0) is 36.8 Å². The summed E-state index contributed by atoms with van der Waals surface area (Å²) in [7, 11) is 0. The average molecular weight is 386 g/mol. The molecule has 1 aromatic heterocycles. The minimum absolute atomic E-state index is 0.164. The first-order valence-electron chi connectivity index (χ1n) is 9.17. The van der Waals surface area contributed by atoms with Crippen LogP contribution in [-0.2, 0) is 6.54 Å². The molecule has 0 unspecified atom stereocenters. The summed E-state index contributed by atoms with van der Waals surface area (Å²) in [5.41, 5.74) is 2.48. The van der Waals surface area contributed by atoms with Crippen LogP contribution in [0.2, 0.25) is 5.02 Å². The molecule has 6 heteroatoms. The van der Waals surface area contributed by atoms with Crippen LogP contribution in [0.5, 0.6) is 0 Å². The van der Waals surface area contributed by atoms with E-state index in [9.17, 15) is 9.18 Å². The number of nitrogens with one attached hydrogen (secondary N) is 1. The fourth-order valence-corrected chi connectivity index (χ4v) is 3.77. The van der Waals surface area contributed by atoms with Crippen LogP contribution in [0.25, 0.3) is 22.0 Å². The van der Waals surface area contributed by atoms with Crippen molar-refractivity contribution in [1.82, 2.24) is 9.88 Å². The van der Waals surface area contributed by atoms with Crippen molar-refractivity contribution < 1.29 is 4.39 Å². The van der Waals surface area contributed by atoms with Crippen molar-refractivity contribution in [2.45, 2.75) is 13.5 Å². The fourth-order valence-electron chi connectivity index (χ4n) is 3.64. The number of hydrogen-bond donors (Lipinski definition) is 1. The summed E-state index contributed by atoms with van der Waals surface area (Å²) in [6.07, 6.45) is 1.85. The van der Waals surface area contributed by atoms with Gasteiger partial charge in [-0.2, -0.15) is 0 Å². The van der Waals surface area contributed by atoms with Crippen molar-refractivity contribution >= 4 is 28.2 Å². The Bertz CT molecular complexity index is 1040. The molecule has 0 amide bonds. The maximum absolute atomic E-state index is 14.9. The lowest BCUT2D eigenvalue weighted by atomic mass is 10.0. The van der Waals surface area contributed by atoms with Crippen LogP contribution in [0, 0.1) is 5.82 Å². The van der Waals surface area contributed by atoms with Gasteiger partial charge in [-0.1, -0.05) is 23.7 Å². The monoisotopic (exact) mass is 385 g/mol. The van der Waals surface area contributed by atoms with Crippen molar-refractivity contribution in [3.8, 4) is 11.1 Å². The number of benzene rings is 2. The molecule has 2 heterocycles. The molecule has 27 heavy (non-hydrogen) atoms. The molecule has 1 aliphatic rings. The molecule has 0 atom stereocenters. The quantitative estimate of drug-likeness (QED) is 0.743. The molecule has 0 bridgehead atoms. The normalized spacial score (nSPS) is 14.7. The first-order valence-corrected chi connectivity index (χ1v) is 9.54. The van der Waals surface area contributed by atoms with Gasteiger partial charge >= 0.3 is 0 Å². The Balaban J connectivity index is 1.91. The third kappa shape index (κ3) is 3.33. The van der Waals surface area contributed by atoms with Crippen LogP contribution in [0.1, 0.15) is 6.92 Å². The van der Waals surface area contributed by atoms with Gasteiger partial charge in [0.15, 0.2) is 5.43 Å². The zero-order chi connectivity index (χ0) is 19.0. The van der Waals surface area contributed by atoms with Crippen LogP contribution in [-0.4, -0.2) is 30.7 Å². The molecule has 0 saturated carbocycles. The minimum Gasteiger partial charge on any atom is -0.367 e. The third-order valence-electron chi connectivity index (χ3n) is 5.10. The van der Waals surface area contributed by atoms with Crippen LogP contribution in [0.4, 0.5) is 10.1 Å². The van der Waals surface area contributed by atoms with Gasteiger partial charge in [-0.3, -0.25) is 4.79 Å². The topological polar surface area (TPSA) is 37.3 Å². The Morgan fingerprint density at radius 3 is 2.52 bits per heavy atom. The Morgan fingerprint density at radius 2 is 1.85 bits per heavy atom. The molecule has 1 saturated heterocycles. The maximum atomic E-state index is 14.9. The molecular weight excluding hydrogens is 365 g/mol. The predicted molar refractivity (Wildman–Crippen MR) is 109 cm³/mol. The van der Waals surface area contributed by atoms with E-state index in [2.05, 4.69) is 5.32 Å². The number of pyridine rings is 1. The van der Waals surface area contributed by atoms with Gasteiger partial charge in [-0.15, -0.1) is 0 Å². The molecule has 4 nitrogen and oxygen atoms in total. The van der Waals surface area contributed by atoms with Crippen molar-refractivity contribution in [2.75, 3.05) is 31.1 Å². The highest BCUT2D eigenvalue weighted by molar-refractivity contribution is 6.30. The van der Waals surface area contributed by atoms with Crippen LogP contribution in [0.15, 0.2) is 47.4 Å². The Morgan fingerprint density at radius 1 is 1.15 bits per heavy atom. The summed E-state index contributed by atoms with van der Waals surface area (Å²) >= 11 is 5.96.